The lowest BCUT2D eigenvalue weighted by atomic mass is 9.90. The molecule has 0 aromatic carbocycles. The van der Waals surface area contributed by atoms with E-state index in [9.17, 15) is 0 Å². The number of ether oxygens (including phenoxy) is 2. The Kier molecular flexibility index (Phi) is 4.23. The Morgan fingerprint density at radius 1 is 1.25 bits per heavy atom. The van der Waals surface area contributed by atoms with Gasteiger partial charge < -0.3 is 14.8 Å². The molecule has 5 nitrogen and oxygen atoms in total. The summed E-state index contributed by atoms with van der Waals surface area (Å²) in [5.74, 6) is 0.351. The summed E-state index contributed by atoms with van der Waals surface area (Å²) in [5.41, 5.74) is 0. The summed E-state index contributed by atoms with van der Waals surface area (Å²) in [6.45, 7) is 5.90. The molecule has 0 atom stereocenters. The monoisotopic (exact) mass is 297 g/mol. The molecule has 1 saturated heterocycles. The highest BCUT2D eigenvalue weighted by Gasteiger charge is 2.40. The van der Waals surface area contributed by atoms with Crippen LogP contribution in [-0.2, 0) is 15.9 Å². The fourth-order valence-corrected chi connectivity index (χ4v) is 3.93. The Morgan fingerprint density at radius 2 is 1.95 bits per heavy atom. The molecule has 1 aromatic rings. The number of nitrogens with zero attached hydrogens (tertiary/aromatic N) is 2. The maximum absolute atomic E-state index is 5.75. The maximum Gasteiger partial charge on any atom is 0.205 e. The molecule has 6 heteroatoms. The van der Waals surface area contributed by atoms with Crippen LogP contribution in [0.3, 0.4) is 0 Å². The Labute approximate surface area is 124 Å². The van der Waals surface area contributed by atoms with Gasteiger partial charge in [0.25, 0.3) is 0 Å². The van der Waals surface area contributed by atoms with Crippen LogP contribution in [0.2, 0.25) is 0 Å². The van der Waals surface area contributed by atoms with E-state index in [1.54, 1.807) is 11.3 Å². The van der Waals surface area contributed by atoms with Crippen LogP contribution in [0.25, 0.3) is 0 Å². The van der Waals surface area contributed by atoms with Crippen LogP contribution >= 0.6 is 11.3 Å². The van der Waals surface area contributed by atoms with E-state index in [1.165, 1.54) is 0 Å². The fraction of sp³-hybridized carbons (Fsp3) is 0.857. The lowest BCUT2D eigenvalue weighted by Crippen LogP contribution is -2.39. The van der Waals surface area contributed by atoms with E-state index in [4.69, 9.17) is 9.47 Å². The third-order valence-corrected chi connectivity index (χ3v) is 4.82. The van der Waals surface area contributed by atoms with Crippen molar-refractivity contribution < 1.29 is 9.47 Å². The van der Waals surface area contributed by atoms with Crippen LogP contribution in [0.4, 0.5) is 5.13 Å². The summed E-state index contributed by atoms with van der Waals surface area (Å²) in [6.07, 6.45) is 5.09. The lowest BCUT2D eigenvalue weighted by molar-refractivity contribution is -0.177. The maximum atomic E-state index is 5.75. The number of rotatable bonds is 4. The molecule has 2 aliphatic rings. The van der Waals surface area contributed by atoms with Crippen molar-refractivity contribution in [1.29, 1.82) is 0 Å². The molecule has 0 bridgehead atoms. The minimum atomic E-state index is -0.276. The van der Waals surface area contributed by atoms with Gasteiger partial charge in [0, 0.05) is 25.3 Å². The van der Waals surface area contributed by atoms with E-state index in [2.05, 4.69) is 29.4 Å². The first-order valence-electron chi connectivity index (χ1n) is 7.52. The highest BCUT2D eigenvalue weighted by Crippen LogP contribution is 2.36. The third kappa shape index (κ3) is 3.30. The van der Waals surface area contributed by atoms with E-state index >= 15 is 0 Å². The smallest absolute Gasteiger partial charge is 0.205 e. The minimum Gasteiger partial charge on any atom is -0.357 e. The largest absolute Gasteiger partial charge is 0.357 e. The van der Waals surface area contributed by atoms with Crippen LogP contribution in [0.15, 0.2) is 0 Å². The summed E-state index contributed by atoms with van der Waals surface area (Å²) in [6, 6.07) is 0.466. The fourth-order valence-electron chi connectivity index (χ4n) is 2.91. The van der Waals surface area contributed by atoms with Crippen LogP contribution in [-0.4, -0.2) is 35.2 Å². The average Bonchev–Trinajstić information content (AvgIpc) is 3.02. The molecule has 3 rings (SSSR count). The molecule has 1 saturated carbocycles. The van der Waals surface area contributed by atoms with Crippen molar-refractivity contribution in [2.45, 2.75) is 57.8 Å². The summed E-state index contributed by atoms with van der Waals surface area (Å²) in [7, 11) is 0. The minimum absolute atomic E-state index is 0.276. The number of hydrogen-bond donors (Lipinski definition) is 1. The van der Waals surface area contributed by atoms with Gasteiger partial charge in [0.2, 0.25) is 5.13 Å². The first-order chi connectivity index (χ1) is 9.65. The van der Waals surface area contributed by atoms with Crippen molar-refractivity contribution >= 4 is 16.5 Å². The average molecular weight is 297 g/mol. The Hall–Kier alpha value is -0.720. The molecule has 1 spiro atoms. The molecule has 0 unspecified atom stereocenters. The molecule has 1 aliphatic heterocycles. The molecule has 0 radical (unpaired) electrons. The first-order valence-corrected chi connectivity index (χ1v) is 8.34. The second kappa shape index (κ2) is 5.95. The zero-order chi connectivity index (χ0) is 14.0. The lowest BCUT2D eigenvalue weighted by Gasteiger charge is -2.35. The van der Waals surface area contributed by atoms with Gasteiger partial charge in [0.05, 0.1) is 13.2 Å². The molecule has 20 heavy (non-hydrogen) atoms. The molecule has 2 fully saturated rings. The summed E-state index contributed by atoms with van der Waals surface area (Å²) in [4.78, 5) is 0. The molecular weight excluding hydrogens is 274 g/mol. The van der Waals surface area contributed by atoms with Gasteiger partial charge >= 0.3 is 0 Å². The molecule has 112 valence electrons. The van der Waals surface area contributed by atoms with Gasteiger partial charge in [0.1, 0.15) is 5.01 Å². The highest BCUT2D eigenvalue weighted by atomic mass is 32.1. The predicted molar refractivity (Wildman–Crippen MR) is 79.0 cm³/mol. The van der Waals surface area contributed by atoms with Gasteiger partial charge in [0.15, 0.2) is 5.79 Å². The predicted octanol–water partition coefficient (Wildman–Crippen LogP) is 2.83. The van der Waals surface area contributed by atoms with Crippen LogP contribution in [0, 0.1) is 5.92 Å². The quantitative estimate of drug-likeness (QED) is 0.926. The van der Waals surface area contributed by atoms with E-state index in [1.807, 2.05) is 0 Å². The van der Waals surface area contributed by atoms with Gasteiger partial charge in [-0.1, -0.05) is 25.2 Å². The topological polar surface area (TPSA) is 56.3 Å². The van der Waals surface area contributed by atoms with Gasteiger partial charge in [-0.25, -0.2) is 0 Å². The second-order valence-corrected chi connectivity index (χ2v) is 7.19. The third-order valence-electron chi connectivity index (χ3n) is 3.94. The summed E-state index contributed by atoms with van der Waals surface area (Å²) >= 11 is 1.68. The van der Waals surface area contributed by atoms with Crippen molar-refractivity contribution in [3.63, 3.8) is 0 Å². The molecule has 0 amide bonds. The van der Waals surface area contributed by atoms with Crippen molar-refractivity contribution in [1.82, 2.24) is 10.2 Å². The standard InChI is InChI=1S/C14H23N3O2S/c1-10(2)9-12-16-17-13(20-12)15-11-3-5-14(6-4-11)18-7-8-19-14/h10-11H,3-9H2,1-2H3,(H,15,17). The van der Waals surface area contributed by atoms with Crippen LogP contribution < -0.4 is 5.32 Å². The second-order valence-electron chi connectivity index (χ2n) is 6.13. The number of aromatic nitrogens is 2. The van der Waals surface area contributed by atoms with Crippen molar-refractivity contribution in [3.05, 3.63) is 5.01 Å². The zero-order valence-electron chi connectivity index (χ0n) is 12.2. The van der Waals surface area contributed by atoms with Gasteiger partial charge in [-0.15, -0.1) is 10.2 Å². The van der Waals surface area contributed by atoms with Crippen molar-refractivity contribution in [2.24, 2.45) is 5.92 Å². The Balaban J connectivity index is 1.50. The van der Waals surface area contributed by atoms with Crippen LogP contribution in [0.1, 0.15) is 44.5 Å². The van der Waals surface area contributed by atoms with Gasteiger partial charge in [-0.2, -0.15) is 0 Å². The Bertz CT molecular complexity index is 433. The molecule has 1 N–H and O–H groups in total. The number of anilines is 1. The van der Waals surface area contributed by atoms with E-state index in [-0.39, 0.29) is 5.79 Å². The van der Waals surface area contributed by atoms with E-state index in [0.717, 1.165) is 55.5 Å². The molecule has 1 aliphatic carbocycles. The number of nitrogens with one attached hydrogen (secondary N) is 1. The van der Waals surface area contributed by atoms with Gasteiger partial charge in [-0.05, 0) is 18.8 Å². The van der Waals surface area contributed by atoms with E-state index < -0.39 is 0 Å². The summed E-state index contributed by atoms with van der Waals surface area (Å²) in [5, 5.41) is 14.1. The van der Waals surface area contributed by atoms with Crippen LogP contribution in [0.5, 0.6) is 0 Å². The zero-order valence-corrected chi connectivity index (χ0v) is 13.0. The number of hydrogen-bond acceptors (Lipinski definition) is 6. The molecular formula is C14H23N3O2S. The normalized spacial score (nSPS) is 22.8. The van der Waals surface area contributed by atoms with Gasteiger partial charge in [-0.3, -0.25) is 0 Å². The SMILES string of the molecule is CC(C)Cc1nnc(NC2CCC3(CC2)OCCO3)s1. The Morgan fingerprint density at radius 3 is 2.60 bits per heavy atom. The first kappa shape index (κ1) is 14.2. The van der Waals surface area contributed by atoms with Crippen molar-refractivity contribution in [2.75, 3.05) is 18.5 Å². The van der Waals surface area contributed by atoms with Crippen molar-refractivity contribution in [3.8, 4) is 0 Å². The molecule has 1 aromatic heterocycles. The highest BCUT2D eigenvalue weighted by molar-refractivity contribution is 7.15. The summed E-state index contributed by atoms with van der Waals surface area (Å²) < 4.78 is 11.5. The molecule has 2 heterocycles. The van der Waals surface area contributed by atoms with E-state index in [0.29, 0.717) is 12.0 Å².